The molecule has 0 unspecified atom stereocenters. The lowest BCUT2D eigenvalue weighted by Crippen LogP contribution is -2.32. The highest BCUT2D eigenvalue weighted by molar-refractivity contribution is 7.09. The van der Waals surface area contributed by atoms with E-state index in [1.807, 2.05) is 35.4 Å². The van der Waals surface area contributed by atoms with Gasteiger partial charge in [0.2, 0.25) is 5.91 Å². The zero-order valence-corrected chi connectivity index (χ0v) is 15.1. The molecule has 1 aromatic heterocycles. The zero-order valence-electron chi connectivity index (χ0n) is 14.3. The highest BCUT2D eigenvalue weighted by Gasteiger charge is 2.17. The molecule has 0 aliphatic rings. The summed E-state index contributed by atoms with van der Waals surface area (Å²) in [5.74, 6) is 0.495. The van der Waals surface area contributed by atoms with Gasteiger partial charge in [-0.2, -0.15) is 0 Å². The van der Waals surface area contributed by atoms with E-state index in [1.165, 1.54) is 5.39 Å². The Labute approximate surface area is 147 Å². The molecule has 24 heavy (non-hydrogen) atoms. The summed E-state index contributed by atoms with van der Waals surface area (Å²) in [4.78, 5) is 19.2. The molecule has 3 aromatic rings. The summed E-state index contributed by atoms with van der Waals surface area (Å²) >= 11 is 1.63. The van der Waals surface area contributed by atoms with Gasteiger partial charge in [0, 0.05) is 23.5 Å². The molecule has 124 valence electrons. The minimum atomic E-state index is 0.0911. The maximum Gasteiger partial charge on any atom is 0.233 e. The van der Waals surface area contributed by atoms with Crippen molar-refractivity contribution in [3.05, 3.63) is 58.5 Å². The van der Waals surface area contributed by atoms with Crippen molar-refractivity contribution in [3.63, 3.8) is 0 Å². The molecule has 0 saturated heterocycles. The standard InChI is InChI=1S/C20H22N2OS/c1-4-22(18-10-9-15-7-5-6-8-16(15)11-18)19(23)12-17-13-24-20(21-17)14(2)3/h5-11,13-14H,4,12H2,1-3H3. The van der Waals surface area contributed by atoms with Crippen LogP contribution < -0.4 is 4.90 Å². The van der Waals surface area contributed by atoms with Crippen LogP contribution in [-0.4, -0.2) is 17.4 Å². The van der Waals surface area contributed by atoms with Gasteiger partial charge in [0.1, 0.15) is 0 Å². The van der Waals surface area contributed by atoms with Gasteiger partial charge in [-0.05, 0) is 29.8 Å². The summed E-state index contributed by atoms with van der Waals surface area (Å²) < 4.78 is 0. The molecule has 0 atom stereocenters. The van der Waals surface area contributed by atoms with Crippen LogP contribution in [0.3, 0.4) is 0 Å². The molecule has 0 fully saturated rings. The van der Waals surface area contributed by atoms with Gasteiger partial charge in [0.15, 0.2) is 0 Å². The topological polar surface area (TPSA) is 33.2 Å². The van der Waals surface area contributed by atoms with E-state index in [-0.39, 0.29) is 5.91 Å². The number of nitrogens with zero attached hydrogens (tertiary/aromatic N) is 2. The first-order chi connectivity index (χ1) is 11.6. The number of carbonyl (C=O) groups excluding carboxylic acids is 1. The third kappa shape index (κ3) is 3.49. The normalized spacial score (nSPS) is 11.2. The Morgan fingerprint density at radius 1 is 1.17 bits per heavy atom. The highest BCUT2D eigenvalue weighted by atomic mass is 32.1. The Balaban J connectivity index is 1.82. The first kappa shape index (κ1) is 16.7. The largest absolute Gasteiger partial charge is 0.312 e. The number of thiazole rings is 1. The van der Waals surface area contributed by atoms with Crippen molar-refractivity contribution >= 4 is 33.7 Å². The van der Waals surface area contributed by atoms with Gasteiger partial charge in [-0.3, -0.25) is 4.79 Å². The van der Waals surface area contributed by atoms with Crippen molar-refractivity contribution in [1.82, 2.24) is 4.98 Å². The third-order valence-corrected chi connectivity index (χ3v) is 5.25. The van der Waals surface area contributed by atoms with Crippen molar-refractivity contribution in [2.24, 2.45) is 0 Å². The fourth-order valence-electron chi connectivity index (χ4n) is 2.77. The fraction of sp³-hybridized carbons (Fsp3) is 0.300. The average Bonchev–Trinajstić information content (AvgIpc) is 3.04. The van der Waals surface area contributed by atoms with Gasteiger partial charge in [-0.1, -0.05) is 44.2 Å². The van der Waals surface area contributed by atoms with Crippen LogP contribution in [0.4, 0.5) is 5.69 Å². The number of benzene rings is 2. The first-order valence-corrected chi connectivity index (χ1v) is 9.20. The molecule has 0 saturated carbocycles. The number of anilines is 1. The Hall–Kier alpha value is -2.20. The van der Waals surface area contributed by atoms with Crippen LogP contribution >= 0.6 is 11.3 Å². The molecule has 3 rings (SSSR count). The molecule has 0 N–H and O–H groups in total. The lowest BCUT2D eigenvalue weighted by atomic mass is 10.1. The number of amides is 1. The molecule has 0 aliphatic carbocycles. The lowest BCUT2D eigenvalue weighted by molar-refractivity contribution is -0.118. The van der Waals surface area contributed by atoms with Crippen LogP contribution in [0.5, 0.6) is 0 Å². The maximum absolute atomic E-state index is 12.7. The molecular formula is C20H22N2OS. The van der Waals surface area contributed by atoms with Gasteiger partial charge in [0.25, 0.3) is 0 Å². The van der Waals surface area contributed by atoms with E-state index in [1.54, 1.807) is 11.3 Å². The number of hydrogen-bond donors (Lipinski definition) is 0. The van der Waals surface area contributed by atoms with Gasteiger partial charge < -0.3 is 4.90 Å². The smallest absolute Gasteiger partial charge is 0.233 e. The predicted molar refractivity (Wildman–Crippen MR) is 102 cm³/mol. The Morgan fingerprint density at radius 2 is 1.92 bits per heavy atom. The second kappa shape index (κ2) is 7.14. The minimum Gasteiger partial charge on any atom is -0.312 e. The Kier molecular flexibility index (Phi) is 4.95. The molecule has 1 amide bonds. The SMILES string of the molecule is CCN(C(=O)Cc1csc(C(C)C)n1)c1ccc2ccccc2c1. The van der Waals surface area contributed by atoms with Crippen LogP contribution in [0.15, 0.2) is 47.8 Å². The fourth-order valence-corrected chi connectivity index (χ4v) is 3.60. The molecular weight excluding hydrogens is 316 g/mol. The maximum atomic E-state index is 12.7. The van der Waals surface area contributed by atoms with Crippen molar-refractivity contribution in [3.8, 4) is 0 Å². The Bertz CT molecular complexity index is 853. The third-order valence-electron chi connectivity index (χ3n) is 4.06. The van der Waals surface area contributed by atoms with E-state index in [0.717, 1.165) is 21.8 Å². The van der Waals surface area contributed by atoms with E-state index >= 15 is 0 Å². The number of carbonyl (C=O) groups is 1. The molecule has 1 heterocycles. The lowest BCUT2D eigenvalue weighted by Gasteiger charge is -2.21. The monoisotopic (exact) mass is 338 g/mol. The molecule has 0 bridgehead atoms. The molecule has 0 radical (unpaired) electrons. The first-order valence-electron chi connectivity index (χ1n) is 8.32. The van der Waals surface area contributed by atoms with Gasteiger partial charge in [0.05, 0.1) is 17.1 Å². The van der Waals surface area contributed by atoms with Crippen molar-refractivity contribution in [1.29, 1.82) is 0 Å². The second-order valence-electron chi connectivity index (χ2n) is 6.18. The van der Waals surface area contributed by atoms with Crippen molar-refractivity contribution < 1.29 is 4.79 Å². The molecule has 2 aromatic carbocycles. The van der Waals surface area contributed by atoms with Crippen LogP contribution in [-0.2, 0) is 11.2 Å². The number of fused-ring (bicyclic) bond motifs is 1. The van der Waals surface area contributed by atoms with E-state index in [4.69, 9.17) is 0 Å². The van der Waals surface area contributed by atoms with E-state index in [0.29, 0.717) is 18.9 Å². The Morgan fingerprint density at radius 3 is 2.58 bits per heavy atom. The summed E-state index contributed by atoms with van der Waals surface area (Å²) in [5, 5.41) is 5.43. The zero-order chi connectivity index (χ0) is 17.1. The summed E-state index contributed by atoms with van der Waals surface area (Å²) in [6, 6.07) is 14.4. The summed E-state index contributed by atoms with van der Waals surface area (Å²) in [6.45, 7) is 6.90. The average molecular weight is 338 g/mol. The van der Waals surface area contributed by atoms with E-state index in [2.05, 4.69) is 43.1 Å². The quantitative estimate of drug-likeness (QED) is 0.655. The van der Waals surface area contributed by atoms with Crippen molar-refractivity contribution in [2.75, 3.05) is 11.4 Å². The number of rotatable bonds is 5. The van der Waals surface area contributed by atoms with E-state index in [9.17, 15) is 4.79 Å². The van der Waals surface area contributed by atoms with Crippen LogP contribution in [0, 0.1) is 0 Å². The summed E-state index contributed by atoms with van der Waals surface area (Å²) in [7, 11) is 0. The van der Waals surface area contributed by atoms with Gasteiger partial charge in [-0.25, -0.2) is 4.98 Å². The highest BCUT2D eigenvalue weighted by Crippen LogP contribution is 2.24. The second-order valence-corrected chi connectivity index (χ2v) is 7.07. The summed E-state index contributed by atoms with van der Waals surface area (Å²) in [6.07, 6.45) is 0.351. The van der Waals surface area contributed by atoms with Gasteiger partial charge >= 0.3 is 0 Å². The van der Waals surface area contributed by atoms with E-state index < -0.39 is 0 Å². The molecule has 0 spiro atoms. The molecule has 4 heteroatoms. The van der Waals surface area contributed by atoms with Crippen molar-refractivity contribution in [2.45, 2.75) is 33.1 Å². The minimum absolute atomic E-state index is 0.0911. The predicted octanol–water partition coefficient (Wildman–Crippen LogP) is 5.02. The number of likely N-dealkylation sites (N-methyl/N-ethyl adjacent to an activating group) is 1. The summed E-state index contributed by atoms with van der Waals surface area (Å²) in [5.41, 5.74) is 1.81. The number of hydrogen-bond acceptors (Lipinski definition) is 3. The van der Waals surface area contributed by atoms with Crippen LogP contribution in [0.25, 0.3) is 10.8 Å². The van der Waals surface area contributed by atoms with Gasteiger partial charge in [-0.15, -0.1) is 11.3 Å². The molecule has 3 nitrogen and oxygen atoms in total. The molecule has 0 aliphatic heterocycles. The van der Waals surface area contributed by atoms with Crippen LogP contribution in [0.1, 0.15) is 37.4 Å². The number of aromatic nitrogens is 1. The van der Waals surface area contributed by atoms with Crippen LogP contribution in [0.2, 0.25) is 0 Å².